The van der Waals surface area contributed by atoms with E-state index in [-0.39, 0.29) is 16.8 Å². The number of phenols is 1. The van der Waals surface area contributed by atoms with Crippen molar-refractivity contribution in [1.29, 1.82) is 0 Å². The summed E-state index contributed by atoms with van der Waals surface area (Å²) < 4.78 is 0. The SMILES string of the molecule is O=C(O)c1cc(NC(=O)c2ccc[nH]c2=O)ccc1O. The number of amides is 1. The lowest BCUT2D eigenvalue weighted by Crippen LogP contribution is -2.22. The number of benzene rings is 1. The third-order valence-electron chi connectivity index (χ3n) is 2.55. The van der Waals surface area contributed by atoms with Gasteiger partial charge in [0.15, 0.2) is 0 Å². The highest BCUT2D eigenvalue weighted by molar-refractivity contribution is 6.04. The van der Waals surface area contributed by atoms with E-state index in [0.717, 1.165) is 12.1 Å². The molecule has 0 aliphatic carbocycles. The van der Waals surface area contributed by atoms with Crippen LogP contribution in [0, 0.1) is 0 Å². The molecule has 102 valence electrons. The van der Waals surface area contributed by atoms with E-state index < -0.39 is 23.2 Å². The molecule has 0 spiro atoms. The fourth-order valence-corrected chi connectivity index (χ4v) is 1.58. The molecule has 4 N–H and O–H groups in total. The summed E-state index contributed by atoms with van der Waals surface area (Å²) in [6.45, 7) is 0. The summed E-state index contributed by atoms with van der Waals surface area (Å²) in [7, 11) is 0. The number of pyridine rings is 1. The molecule has 0 radical (unpaired) electrons. The van der Waals surface area contributed by atoms with Crippen LogP contribution >= 0.6 is 0 Å². The number of carboxylic acids is 1. The molecular formula is C13H10N2O5. The van der Waals surface area contributed by atoms with Crippen molar-refractivity contribution in [3.63, 3.8) is 0 Å². The van der Waals surface area contributed by atoms with Crippen LogP contribution in [0.3, 0.4) is 0 Å². The molecule has 0 unspecified atom stereocenters. The Kier molecular flexibility index (Phi) is 3.52. The average molecular weight is 274 g/mol. The van der Waals surface area contributed by atoms with E-state index in [4.69, 9.17) is 5.11 Å². The highest BCUT2D eigenvalue weighted by atomic mass is 16.4. The van der Waals surface area contributed by atoms with Gasteiger partial charge in [-0.05, 0) is 30.3 Å². The lowest BCUT2D eigenvalue weighted by atomic mass is 10.1. The van der Waals surface area contributed by atoms with Crippen molar-refractivity contribution < 1.29 is 19.8 Å². The van der Waals surface area contributed by atoms with E-state index in [1.165, 1.54) is 24.4 Å². The van der Waals surface area contributed by atoms with E-state index in [1.54, 1.807) is 0 Å². The first-order valence-corrected chi connectivity index (χ1v) is 5.54. The molecule has 0 aliphatic rings. The number of aromatic amines is 1. The lowest BCUT2D eigenvalue weighted by Gasteiger charge is -2.06. The minimum absolute atomic E-state index is 0.0996. The number of aromatic carboxylic acids is 1. The number of carbonyl (C=O) groups excluding carboxylic acids is 1. The zero-order chi connectivity index (χ0) is 14.7. The molecule has 7 heteroatoms. The van der Waals surface area contributed by atoms with Crippen molar-refractivity contribution in [2.24, 2.45) is 0 Å². The molecule has 7 nitrogen and oxygen atoms in total. The molecule has 1 heterocycles. The standard InChI is InChI=1S/C13H10N2O5/c16-10-4-3-7(6-9(10)13(19)20)15-12(18)8-2-1-5-14-11(8)17/h1-6,16H,(H,14,17)(H,15,18)(H,19,20). The molecule has 0 aliphatic heterocycles. The van der Waals surface area contributed by atoms with Gasteiger partial charge in [0.05, 0.1) is 0 Å². The predicted molar refractivity (Wildman–Crippen MR) is 70.1 cm³/mol. The van der Waals surface area contributed by atoms with Crippen LogP contribution in [0.25, 0.3) is 0 Å². The van der Waals surface area contributed by atoms with Crippen molar-refractivity contribution in [1.82, 2.24) is 4.98 Å². The van der Waals surface area contributed by atoms with Gasteiger partial charge in [0.1, 0.15) is 16.9 Å². The molecular weight excluding hydrogens is 264 g/mol. The van der Waals surface area contributed by atoms with Crippen LogP contribution in [0.2, 0.25) is 0 Å². The van der Waals surface area contributed by atoms with Gasteiger partial charge in [-0.2, -0.15) is 0 Å². The number of nitrogens with one attached hydrogen (secondary N) is 2. The first-order valence-electron chi connectivity index (χ1n) is 5.54. The Morgan fingerprint density at radius 1 is 1.15 bits per heavy atom. The summed E-state index contributed by atoms with van der Waals surface area (Å²) in [5, 5.41) is 20.6. The molecule has 0 atom stereocenters. The topological polar surface area (TPSA) is 119 Å². The van der Waals surface area contributed by atoms with Crippen LogP contribution in [0.15, 0.2) is 41.3 Å². The molecule has 1 aromatic heterocycles. The minimum atomic E-state index is -1.32. The maximum Gasteiger partial charge on any atom is 0.339 e. The summed E-state index contributed by atoms with van der Waals surface area (Å²) in [6, 6.07) is 6.42. The summed E-state index contributed by atoms with van der Waals surface area (Å²) >= 11 is 0. The second-order valence-corrected chi connectivity index (χ2v) is 3.90. The molecule has 1 amide bonds. The Labute approximate surface area is 112 Å². The number of anilines is 1. The maximum atomic E-state index is 11.9. The second-order valence-electron chi connectivity index (χ2n) is 3.90. The van der Waals surface area contributed by atoms with Gasteiger partial charge >= 0.3 is 5.97 Å². The van der Waals surface area contributed by atoms with E-state index >= 15 is 0 Å². The summed E-state index contributed by atoms with van der Waals surface area (Å²) in [5.74, 6) is -2.40. The van der Waals surface area contributed by atoms with E-state index in [2.05, 4.69) is 10.3 Å². The van der Waals surface area contributed by atoms with Crippen molar-refractivity contribution in [3.05, 3.63) is 58.0 Å². The Hall–Kier alpha value is -3.09. The normalized spacial score (nSPS) is 10.0. The van der Waals surface area contributed by atoms with Crippen molar-refractivity contribution in [2.75, 3.05) is 5.32 Å². The minimum Gasteiger partial charge on any atom is -0.507 e. The smallest absolute Gasteiger partial charge is 0.339 e. The highest BCUT2D eigenvalue weighted by Gasteiger charge is 2.13. The van der Waals surface area contributed by atoms with Crippen LogP contribution in [0.1, 0.15) is 20.7 Å². The van der Waals surface area contributed by atoms with Crippen LogP contribution in [-0.2, 0) is 0 Å². The monoisotopic (exact) mass is 274 g/mol. The predicted octanol–water partition coefficient (Wildman–Crippen LogP) is 1.03. The van der Waals surface area contributed by atoms with Gasteiger partial charge in [-0.25, -0.2) is 4.79 Å². The highest BCUT2D eigenvalue weighted by Crippen LogP contribution is 2.21. The number of H-pyrrole nitrogens is 1. The number of carboxylic acid groups (broad SMARTS) is 1. The van der Waals surface area contributed by atoms with Gasteiger partial charge in [-0.1, -0.05) is 0 Å². The quantitative estimate of drug-likeness (QED) is 0.623. The zero-order valence-corrected chi connectivity index (χ0v) is 10.1. The largest absolute Gasteiger partial charge is 0.507 e. The number of carbonyl (C=O) groups is 2. The van der Waals surface area contributed by atoms with Gasteiger partial charge in [0, 0.05) is 11.9 Å². The molecule has 2 rings (SSSR count). The molecule has 20 heavy (non-hydrogen) atoms. The molecule has 0 saturated carbocycles. The Morgan fingerprint density at radius 2 is 1.90 bits per heavy atom. The Balaban J connectivity index is 2.29. The van der Waals surface area contributed by atoms with E-state index in [1.807, 2.05) is 0 Å². The van der Waals surface area contributed by atoms with Crippen molar-refractivity contribution >= 4 is 17.6 Å². The molecule has 1 aromatic carbocycles. The number of aromatic hydroxyl groups is 1. The fourth-order valence-electron chi connectivity index (χ4n) is 1.58. The van der Waals surface area contributed by atoms with Gasteiger partial charge in [0.25, 0.3) is 11.5 Å². The summed E-state index contributed by atoms with van der Waals surface area (Å²) in [4.78, 5) is 36.5. The molecule has 0 fully saturated rings. The lowest BCUT2D eigenvalue weighted by molar-refractivity contribution is 0.0693. The van der Waals surface area contributed by atoms with Crippen molar-refractivity contribution in [2.45, 2.75) is 0 Å². The zero-order valence-electron chi connectivity index (χ0n) is 10.1. The molecule has 0 saturated heterocycles. The van der Waals surface area contributed by atoms with Gasteiger partial charge in [-0.3, -0.25) is 9.59 Å². The molecule has 0 bridgehead atoms. The van der Waals surface area contributed by atoms with Crippen LogP contribution in [-0.4, -0.2) is 27.1 Å². The summed E-state index contributed by atoms with van der Waals surface area (Å²) in [6.07, 6.45) is 1.39. The first-order chi connectivity index (χ1) is 9.49. The van der Waals surface area contributed by atoms with Crippen LogP contribution in [0.4, 0.5) is 5.69 Å². The number of aromatic nitrogens is 1. The summed E-state index contributed by atoms with van der Waals surface area (Å²) in [5.41, 5.74) is -0.835. The van der Waals surface area contributed by atoms with E-state index in [0.29, 0.717) is 0 Å². The van der Waals surface area contributed by atoms with Crippen LogP contribution < -0.4 is 10.9 Å². The van der Waals surface area contributed by atoms with E-state index in [9.17, 15) is 19.5 Å². The first kappa shape index (κ1) is 13.3. The van der Waals surface area contributed by atoms with Crippen molar-refractivity contribution in [3.8, 4) is 5.75 Å². The van der Waals surface area contributed by atoms with Gasteiger partial charge in [-0.15, -0.1) is 0 Å². The number of rotatable bonds is 3. The number of hydrogen-bond acceptors (Lipinski definition) is 4. The second kappa shape index (κ2) is 5.27. The number of hydrogen-bond donors (Lipinski definition) is 4. The van der Waals surface area contributed by atoms with Gasteiger partial charge in [0.2, 0.25) is 0 Å². The van der Waals surface area contributed by atoms with Crippen LogP contribution in [0.5, 0.6) is 5.75 Å². The fraction of sp³-hybridized carbons (Fsp3) is 0. The molecule has 2 aromatic rings. The van der Waals surface area contributed by atoms with Gasteiger partial charge < -0.3 is 20.5 Å². The Morgan fingerprint density at radius 3 is 2.55 bits per heavy atom. The maximum absolute atomic E-state index is 11.9. The third-order valence-corrected chi connectivity index (χ3v) is 2.55. The third kappa shape index (κ3) is 2.66. The Bertz CT molecular complexity index is 736. The average Bonchev–Trinajstić information content (AvgIpc) is 2.41.